The van der Waals surface area contributed by atoms with Crippen LogP contribution in [0, 0.1) is 0 Å². The fraction of sp³-hybridized carbons (Fsp3) is 0.176. The summed E-state index contributed by atoms with van der Waals surface area (Å²) in [6, 6.07) is 12.8. The van der Waals surface area contributed by atoms with Crippen LogP contribution in [0.15, 0.2) is 52.4 Å². The highest BCUT2D eigenvalue weighted by Crippen LogP contribution is 2.25. The number of rotatable bonds is 7. The van der Waals surface area contributed by atoms with Gasteiger partial charge in [0.1, 0.15) is 17.2 Å². The third-order valence-corrected chi connectivity index (χ3v) is 4.10. The van der Waals surface area contributed by atoms with Crippen LogP contribution in [0.3, 0.4) is 0 Å². The first-order valence-electron chi connectivity index (χ1n) is 7.27. The van der Waals surface area contributed by atoms with Crippen LogP contribution in [0.4, 0.5) is 0 Å². The van der Waals surface area contributed by atoms with Crippen molar-refractivity contribution in [1.29, 1.82) is 0 Å². The van der Waals surface area contributed by atoms with Gasteiger partial charge >= 0.3 is 0 Å². The first-order valence-corrected chi connectivity index (χ1v) is 8.15. The molecule has 0 saturated heterocycles. The molecule has 3 aromatic rings. The van der Waals surface area contributed by atoms with Crippen molar-refractivity contribution in [2.45, 2.75) is 6.54 Å². The van der Waals surface area contributed by atoms with Crippen molar-refractivity contribution >= 4 is 17.2 Å². The molecule has 0 fully saturated rings. The van der Waals surface area contributed by atoms with Gasteiger partial charge in [-0.3, -0.25) is 4.79 Å². The number of carbonyl (C=O) groups excluding carboxylic acids is 1. The van der Waals surface area contributed by atoms with Crippen LogP contribution >= 0.6 is 11.3 Å². The Morgan fingerprint density at radius 1 is 1.25 bits per heavy atom. The number of aromatic nitrogens is 1. The molecule has 1 N–H and O–H groups in total. The smallest absolute Gasteiger partial charge is 0.258 e. The van der Waals surface area contributed by atoms with Crippen molar-refractivity contribution in [2.75, 3.05) is 13.7 Å². The van der Waals surface area contributed by atoms with Gasteiger partial charge in [-0.1, -0.05) is 11.2 Å². The molecule has 7 heteroatoms. The number of methoxy groups -OCH3 is 1. The van der Waals surface area contributed by atoms with E-state index in [9.17, 15) is 4.79 Å². The predicted molar refractivity (Wildman–Crippen MR) is 90.2 cm³/mol. The Bertz CT molecular complexity index is 781. The lowest BCUT2D eigenvalue weighted by atomic mass is 10.3. The van der Waals surface area contributed by atoms with Crippen LogP contribution < -0.4 is 14.8 Å². The molecule has 2 heterocycles. The number of hydrogen-bond acceptors (Lipinski definition) is 6. The molecule has 0 unspecified atom stereocenters. The Hall–Kier alpha value is -2.80. The summed E-state index contributed by atoms with van der Waals surface area (Å²) in [5, 5.41) is 8.65. The average molecular weight is 344 g/mol. The van der Waals surface area contributed by atoms with Gasteiger partial charge in [0.25, 0.3) is 5.91 Å². The zero-order valence-electron chi connectivity index (χ0n) is 13.0. The van der Waals surface area contributed by atoms with Crippen LogP contribution in [-0.2, 0) is 11.3 Å². The number of nitrogens with one attached hydrogen (secondary N) is 1. The van der Waals surface area contributed by atoms with E-state index in [4.69, 9.17) is 14.0 Å². The molecule has 24 heavy (non-hydrogen) atoms. The van der Waals surface area contributed by atoms with Gasteiger partial charge in [-0.05, 0) is 35.7 Å². The summed E-state index contributed by atoms with van der Waals surface area (Å²) in [7, 11) is 1.59. The lowest BCUT2D eigenvalue weighted by Crippen LogP contribution is -2.28. The minimum absolute atomic E-state index is 0.0675. The molecule has 0 aliphatic rings. The van der Waals surface area contributed by atoms with Gasteiger partial charge in [0, 0.05) is 6.07 Å². The number of ether oxygens (including phenoxy) is 2. The lowest BCUT2D eigenvalue weighted by molar-refractivity contribution is -0.123. The summed E-state index contributed by atoms with van der Waals surface area (Å²) in [5.74, 6) is 1.81. The standard InChI is InChI=1S/C17H16N2O4S/c1-21-13-4-6-14(7-5-13)22-11-17(20)18-10-12-9-15(23-19-12)16-3-2-8-24-16/h2-9H,10-11H2,1H3,(H,18,20). The fourth-order valence-corrected chi connectivity index (χ4v) is 2.66. The van der Waals surface area contributed by atoms with E-state index in [1.807, 2.05) is 23.6 Å². The molecule has 3 rings (SSSR count). The normalized spacial score (nSPS) is 10.4. The van der Waals surface area contributed by atoms with Gasteiger partial charge < -0.3 is 19.3 Å². The minimum atomic E-state index is -0.230. The Labute approximate surface area is 143 Å². The molecule has 0 aliphatic carbocycles. The lowest BCUT2D eigenvalue weighted by Gasteiger charge is -2.07. The van der Waals surface area contributed by atoms with E-state index in [1.165, 1.54) is 0 Å². The fourth-order valence-electron chi connectivity index (χ4n) is 1.99. The summed E-state index contributed by atoms with van der Waals surface area (Å²) in [4.78, 5) is 12.8. The molecule has 6 nitrogen and oxygen atoms in total. The molecular formula is C17H16N2O4S. The molecule has 2 aromatic heterocycles. The van der Waals surface area contributed by atoms with Crippen LogP contribution in [0.1, 0.15) is 5.69 Å². The first-order chi connectivity index (χ1) is 11.7. The van der Waals surface area contributed by atoms with Gasteiger partial charge in [0.05, 0.1) is 18.5 Å². The molecule has 1 aromatic carbocycles. The SMILES string of the molecule is COc1ccc(OCC(=O)NCc2cc(-c3cccs3)on2)cc1. The molecule has 1 amide bonds. The van der Waals surface area contributed by atoms with E-state index in [1.54, 1.807) is 42.7 Å². The second-order valence-corrected chi connectivity index (χ2v) is 5.85. The van der Waals surface area contributed by atoms with E-state index in [-0.39, 0.29) is 12.5 Å². The molecular weight excluding hydrogens is 328 g/mol. The van der Waals surface area contributed by atoms with E-state index in [2.05, 4.69) is 10.5 Å². The average Bonchev–Trinajstić information content (AvgIpc) is 3.29. The Morgan fingerprint density at radius 3 is 2.75 bits per heavy atom. The molecule has 0 radical (unpaired) electrons. The van der Waals surface area contributed by atoms with Gasteiger partial charge in [-0.15, -0.1) is 11.3 Å². The second kappa shape index (κ2) is 7.65. The minimum Gasteiger partial charge on any atom is -0.497 e. The highest BCUT2D eigenvalue weighted by atomic mass is 32.1. The summed E-state index contributed by atoms with van der Waals surface area (Å²) in [6.45, 7) is 0.224. The van der Waals surface area contributed by atoms with Crippen LogP contribution in [0.5, 0.6) is 11.5 Å². The van der Waals surface area contributed by atoms with Gasteiger partial charge in [-0.2, -0.15) is 0 Å². The van der Waals surface area contributed by atoms with Gasteiger partial charge in [0.15, 0.2) is 12.4 Å². The largest absolute Gasteiger partial charge is 0.497 e. The highest BCUT2D eigenvalue weighted by molar-refractivity contribution is 7.13. The van der Waals surface area contributed by atoms with Crippen molar-refractivity contribution in [3.63, 3.8) is 0 Å². The van der Waals surface area contributed by atoms with E-state index in [0.717, 1.165) is 10.6 Å². The topological polar surface area (TPSA) is 73.6 Å². The van der Waals surface area contributed by atoms with Crippen molar-refractivity contribution in [3.05, 3.63) is 53.5 Å². The van der Waals surface area contributed by atoms with Gasteiger partial charge in [0.2, 0.25) is 0 Å². The van der Waals surface area contributed by atoms with Gasteiger partial charge in [-0.25, -0.2) is 0 Å². The quantitative estimate of drug-likeness (QED) is 0.713. The Morgan fingerprint density at radius 2 is 2.04 bits per heavy atom. The summed E-state index contributed by atoms with van der Waals surface area (Å²) in [6.07, 6.45) is 0. The number of nitrogens with zero attached hydrogens (tertiary/aromatic N) is 1. The second-order valence-electron chi connectivity index (χ2n) is 4.90. The maximum Gasteiger partial charge on any atom is 0.258 e. The van der Waals surface area contributed by atoms with Crippen molar-refractivity contribution in [1.82, 2.24) is 10.5 Å². The zero-order chi connectivity index (χ0) is 16.8. The summed E-state index contributed by atoms with van der Waals surface area (Å²) < 4.78 is 15.7. The number of amides is 1. The van der Waals surface area contributed by atoms with Crippen LogP contribution in [0.2, 0.25) is 0 Å². The number of benzene rings is 1. The molecule has 0 saturated carbocycles. The van der Waals surface area contributed by atoms with E-state index >= 15 is 0 Å². The van der Waals surface area contributed by atoms with E-state index in [0.29, 0.717) is 23.7 Å². The third kappa shape index (κ3) is 4.14. The third-order valence-electron chi connectivity index (χ3n) is 3.22. The van der Waals surface area contributed by atoms with Crippen LogP contribution in [0.25, 0.3) is 10.6 Å². The maximum atomic E-state index is 11.8. The first kappa shape index (κ1) is 16.1. The number of hydrogen-bond donors (Lipinski definition) is 1. The monoisotopic (exact) mass is 344 g/mol. The summed E-state index contributed by atoms with van der Waals surface area (Å²) >= 11 is 1.57. The molecule has 0 spiro atoms. The number of carbonyl (C=O) groups is 1. The Kier molecular flexibility index (Phi) is 5.12. The molecule has 0 aliphatic heterocycles. The van der Waals surface area contributed by atoms with Crippen molar-refractivity contribution in [2.24, 2.45) is 0 Å². The maximum absolute atomic E-state index is 11.8. The van der Waals surface area contributed by atoms with Crippen molar-refractivity contribution < 1.29 is 18.8 Å². The Balaban J connectivity index is 1.45. The number of thiophene rings is 1. The molecule has 0 atom stereocenters. The predicted octanol–water partition coefficient (Wildman–Crippen LogP) is 3.11. The summed E-state index contributed by atoms with van der Waals surface area (Å²) in [5.41, 5.74) is 0.663. The highest BCUT2D eigenvalue weighted by Gasteiger charge is 2.09. The molecule has 0 bridgehead atoms. The van der Waals surface area contributed by atoms with Crippen LogP contribution in [-0.4, -0.2) is 24.8 Å². The zero-order valence-corrected chi connectivity index (χ0v) is 13.8. The van der Waals surface area contributed by atoms with E-state index < -0.39 is 0 Å². The molecule has 124 valence electrons. The van der Waals surface area contributed by atoms with Crippen molar-refractivity contribution in [3.8, 4) is 22.1 Å².